The Labute approximate surface area is 313 Å². The fourth-order valence-corrected chi connectivity index (χ4v) is 11.7. The molecule has 1 spiro atoms. The van der Waals surface area contributed by atoms with E-state index in [2.05, 4.69) is 0 Å². The zero-order chi connectivity index (χ0) is 38.9. The molecule has 2 N–H and O–H groups in total. The Hall–Kier alpha value is -4.64. The zero-order valence-electron chi connectivity index (χ0n) is 31.0. The van der Waals surface area contributed by atoms with Crippen molar-refractivity contribution in [3.63, 3.8) is 0 Å². The molecule has 54 heavy (non-hydrogen) atoms. The van der Waals surface area contributed by atoms with Crippen LogP contribution in [0.5, 0.6) is 0 Å². The average Bonchev–Trinajstić information content (AvgIpc) is 3.74. The molecule has 0 bridgehead atoms. The lowest BCUT2D eigenvalue weighted by molar-refractivity contribution is -0.155. The highest BCUT2D eigenvalue weighted by atomic mass is 28.4. The zero-order valence-corrected chi connectivity index (χ0v) is 32.0. The number of ether oxygens (including phenoxy) is 3. The fourth-order valence-electron chi connectivity index (χ4n) is 9.17. The van der Waals surface area contributed by atoms with Gasteiger partial charge in [-0.1, -0.05) is 19.1 Å². The number of likely N-dealkylation sites (tertiary alicyclic amines) is 1. The van der Waals surface area contributed by atoms with Crippen LogP contribution in [0.4, 0.5) is 17.1 Å². The Morgan fingerprint density at radius 1 is 0.944 bits per heavy atom. The number of hydrogen-bond donors (Lipinski definition) is 2. The van der Waals surface area contributed by atoms with Gasteiger partial charge in [0.25, 0.3) is 5.91 Å². The standard InChI is InChI=1S/C38H46N4O11Si/c1-21-36(54(4,5)50)30(16-31(46)39-13-7-10-27(39)20-43)53-38(21)28-15-26(42-33(48)18-35(42)52-23(3)45)11-12-29(28)40(37(38)49)19-24-8-6-9-25(14-24)41-32(47)17-34(41)51-22(2)44/h6,8-9,11-12,14-15,21,27,30,34-36,43,50H,7,10,13,16-20H2,1-5H3/t21-,27+,30+,34?,35?,36-,38+/m1/s1. The van der Waals surface area contributed by atoms with E-state index in [0.29, 0.717) is 41.2 Å². The van der Waals surface area contributed by atoms with Gasteiger partial charge >= 0.3 is 11.9 Å². The molecule has 5 heterocycles. The maximum absolute atomic E-state index is 15.1. The van der Waals surface area contributed by atoms with Crippen LogP contribution in [0.25, 0.3) is 0 Å². The van der Waals surface area contributed by atoms with Crippen molar-refractivity contribution in [2.24, 2.45) is 5.92 Å². The third-order valence-electron chi connectivity index (χ3n) is 11.5. The fraction of sp³-hybridized carbons (Fsp3) is 0.526. The summed E-state index contributed by atoms with van der Waals surface area (Å²) in [6.45, 7) is 8.32. The third-order valence-corrected chi connectivity index (χ3v) is 14.0. The van der Waals surface area contributed by atoms with E-state index in [1.807, 2.05) is 13.0 Å². The van der Waals surface area contributed by atoms with E-state index in [1.165, 1.54) is 23.6 Å². The molecule has 0 saturated carbocycles. The molecule has 7 rings (SSSR count). The molecule has 2 unspecified atom stereocenters. The molecule has 0 radical (unpaired) electrons. The number of rotatable bonds is 10. The van der Waals surface area contributed by atoms with Crippen LogP contribution in [-0.4, -0.2) is 96.4 Å². The molecule has 0 aromatic heterocycles. The first-order chi connectivity index (χ1) is 25.5. The maximum Gasteiger partial charge on any atom is 0.304 e. The minimum absolute atomic E-state index is 0.00976. The number of amides is 4. The summed E-state index contributed by atoms with van der Waals surface area (Å²) in [5.74, 6) is -2.79. The van der Waals surface area contributed by atoms with Crippen molar-refractivity contribution in [3.05, 3.63) is 53.6 Å². The average molecular weight is 763 g/mol. The SMILES string of the molecule is CC(=O)OC1CC(=O)N1c1cccc(CN2C(=O)[C@@]3(O[C@@H](CC(=O)N4CCC[C@H]4CO)[C@H]([Si](C)(C)O)[C@H]3C)c3cc(N4C(=O)CC4OC(C)=O)ccc32)c1. The van der Waals surface area contributed by atoms with E-state index < -0.39 is 61.8 Å². The molecule has 7 atom stereocenters. The number of hydrogen-bond acceptors (Lipinski definition) is 11. The highest BCUT2D eigenvalue weighted by Crippen LogP contribution is 2.60. The van der Waals surface area contributed by atoms with E-state index in [0.717, 1.165) is 6.42 Å². The van der Waals surface area contributed by atoms with Crippen molar-refractivity contribution in [1.82, 2.24) is 4.90 Å². The van der Waals surface area contributed by atoms with Crippen molar-refractivity contribution < 1.29 is 52.9 Å². The van der Waals surface area contributed by atoms with Gasteiger partial charge in [-0.3, -0.25) is 38.6 Å². The van der Waals surface area contributed by atoms with Crippen LogP contribution in [0.1, 0.15) is 64.0 Å². The molecule has 2 aromatic rings. The summed E-state index contributed by atoms with van der Waals surface area (Å²) in [5.41, 5.74) is 0.294. The van der Waals surface area contributed by atoms with Gasteiger partial charge in [0.1, 0.15) is 0 Å². The molecule has 4 amide bonds. The first-order valence-corrected chi connectivity index (χ1v) is 21.4. The van der Waals surface area contributed by atoms with Crippen LogP contribution in [0.15, 0.2) is 42.5 Å². The molecule has 4 fully saturated rings. The lowest BCUT2D eigenvalue weighted by Crippen LogP contribution is -2.55. The molecule has 15 nitrogen and oxygen atoms in total. The molecule has 5 aliphatic rings. The summed E-state index contributed by atoms with van der Waals surface area (Å²) in [4.78, 5) is 95.7. The van der Waals surface area contributed by atoms with Gasteiger partial charge in [0.05, 0.1) is 50.2 Å². The summed E-state index contributed by atoms with van der Waals surface area (Å²) >= 11 is 0. The number of nitrogens with zero attached hydrogens (tertiary/aromatic N) is 4. The van der Waals surface area contributed by atoms with Crippen molar-refractivity contribution in [1.29, 1.82) is 0 Å². The molecule has 288 valence electrons. The molecule has 4 saturated heterocycles. The number of fused-ring (bicyclic) bond motifs is 2. The summed E-state index contributed by atoms with van der Waals surface area (Å²) in [6.07, 6.45) is -0.962. The van der Waals surface area contributed by atoms with Crippen LogP contribution >= 0.6 is 0 Å². The molecule has 5 aliphatic heterocycles. The van der Waals surface area contributed by atoms with Gasteiger partial charge in [0.15, 0.2) is 26.4 Å². The van der Waals surface area contributed by atoms with Gasteiger partial charge in [-0.25, -0.2) is 0 Å². The van der Waals surface area contributed by atoms with E-state index in [9.17, 15) is 33.9 Å². The Balaban J connectivity index is 1.28. The molecule has 2 aromatic carbocycles. The first-order valence-electron chi connectivity index (χ1n) is 18.4. The molecule has 0 aliphatic carbocycles. The van der Waals surface area contributed by atoms with Gasteiger partial charge in [-0.15, -0.1) is 0 Å². The van der Waals surface area contributed by atoms with Gasteiger partial charge < -0.3 is 33.9 Å². The van der Waals surface area contributed by atoms with Crippen LogP contribution in [0, 0.1) is 5.92 Å². The van der Waals surface area contributed by atoms with Crippen LogP contribution in [0.3, 0.4) is 0 Å². The number of benzene rings is 2. The normalized spacial score (nSPS) is 29.1. The van der Waals surface area contributed by atoms with Crippen LogP contribution in [-0.2, 0) is 55.1 Å². The largest absolute Gasteiger partial charge is 0.441 e. The summed E-state index contributed by atoms with van der Waals surface area (Å²) in [7, 11) is -3.15. The number of aliphatic hydroxyl groups is 1. The lowest BCUT2D eigenvalue weighted by atomic mass is 9.82. The van der Waals surface area contributed by atoms with Gasteiger partial charge in [-0.05, 0) is 61.8 Å². The van der Waals surface area contributed by atoms with E-state index >= 15 is 4.79 Å². The summed E-state index contributed by atoms with van der Waals surface area (Å²) in [5, 5.41) is 9.93. The van der Waals surface area contributed by atoms with Gasteiger partial charge in [0, 0.05) is 48.8 Å². The molecular weight excluding hydrogens is 717 g/mol. The van der Waals surface area contributed by atoms with Crippen LogP contribution < -0.4 is 14.7 Å². The number of carbonyl (C=O) groups is 6. The van der Waals surface area contributed by atoms with Crippen molar-refractivity contribution >= 4 is 60.9 Å². The van der Waals surface area contributed by atoms with E-state index in [-0.39, 0.29) is 56.2 Å². The molecular formula is C38H46N4O11Si. The van der Waals surface area contributed by atoms with Crippen molar-refractivity contribution in [2.45, 2.75) is 108 Å². The number of β-lactam (4-membered cyclic amide) rings is 2. The topological polar surface area (TPSA) is 184 Å². The Morgan fingerprint density at radius 3 is 2.15 bits per heavy atom. The predicted octanol–water partition coefficient (Wildman–Crippen LogP) is 2.66. The number of aliphatic hydroxyl groups excluding tert-OH is 1. The first kappa shape index (κ1) is 37.7. The van der Waals surface area contributed by atoms with Crippen molar-refractivity contribution in [2.75, 3.05) is 27.9 Å². The summed E-state index contributed by atoms with van der Waals surface area (Å²) in [6, 6.07) is 11.8. The van der Waals surface area contributed by atoms with E-state index in [4.69, 9.17) is 14.2 Å². The second-order valence-corrected chi connectivity index (χ2v) is 19.4. The number of carbonyl (C=O) groups excluding carboxylic acids is 6. The Kier molecular flexibility index (Phi) is 9.69. The number of esters is 2. The minimum atomic E-state index is -3.15. The van der Waals surface area contributed by atoms with E-state index in [1.54, 1.807) is 59.3 Å². The lowest BCUT2D eigenvalue weighted by Gasteiger charge is -2.39. The Morgan fingerprint density at radius 2 is 1.57 bits per heavy atom. The highest BCUT2D eigenvalue weighted by molar-refractivity contribution is 6.71. The second kappa shape index (κ2) is 13.9. The summed E-state index contributed by atoms with van der Waals surface area (Å²) < 4.78 is 17.6. The van der Waals surface area contributed by atoms with Gasteiger partial charge in [-0.2, -0.15) is 0 Å². The third kappa shape index (κ3) is 6.27. The predicted molar refractivity (Wildman–Crippen MR) is 195 cm³/mol. The highest BCUT2D eigenvalue weighted by Gasteiger charge is 2.67. The number of anilines is 3. The minimum Gasteiger partial charge on any atom is -0.441 e. The second-order valence-electron chi connectivity index (χ2n) is 15.5. The Bertz CT molecular complexity index is 1920. The maximum atomic E-state index is 15.1. The van der Waals surface area contributed by atoms with Crippen LogP contribution in [0.2, 0.25) is 18.6 Å². The van der Waals surface area contributed by atoms with Gasteiger partial charge in [0.2, 0.25) is 17.7 Å². The molecule has 16 heteroatoms. The quantitative estimate of drug-likeness (QED) is 0.206. The van der Waals surface area contributed by atoms with Crippen molar-refractivity contribution in [3.8, 4) is 0 Å². The smallest absolute Gasteiger partial charge is 0.304 e. The monoisotopic (exact) mass is 762 g/mol.